The predicted octanol–water partition coefficient (Wildman–Crippen LogP) is 4.97. The number of benzene rings is 1. The number of nitrogens with zero attached hydrogens (tertiary/aromatic N) is 2. The summed E-state index contributed by atoms with van der Waals surface area (Å²) < 4.78 is 0.780. The van der Waals surface area contributed by atoms with E-state index in [1.807, 2.05) is 62.4 Å². The molecule has 1 unspecified atom stereocenters. The number of hydrogen-bond acceptors (Lipinski definition) is 4. The Kier molecular flexibility index (Phi) is 5.63. The van der Waals surface area contributed by atoms with E-state index in [0.717, 1.165) is 27.2 Å². The molecule has 2 N–H and O–H groups in total. The second kappa shape index (κ2) is 8.10. The minimum Gasteiger partial charge on any atom is -0.364 e. The maximum absolute atomic E-state index is 12.4. The molecule has 26 heavy (non-hydrogen) atoms. The summed E-state index contributed by atoms with van der Waals surface area (Å²) in [6.45, 7) is 3.96. The van der Waals surface area contributed by atoms with Crippen LogP contribution in [0.2, 0.25) is 0 Å². The molecule has 132 valence electrons. The number of amides is 1. The van der Waals surface area contributed by atoms with E-state index in [-0.39, 0.29) is 11.9 Å². The molecule has 1 amide bonds. The average Bonchev–Trinajstić information content (AvgIpc) is 2.62. The summed E-state index contributed by atoms with van der Waals surface area (Å²) in [5, 5.41) is 6.28. The third-order valence-corrected chi connectivity index (χ3v) is 4.30. The van der Waals surface area contributed by atoms with Gasteiger partial charge in [0.2, 0.25) is 0 Å². The van der Waals surface area contributed by atoms with Gasteiger partial charge in [-0.25, -0.2) is 4.98 Å². The molecular formula is C20H19BrN4O. The first-order valence-corrected chi connectivity index (χ1v) is 9.02. The molecule has 0 fully saturated rings. The summed E-state index contributed by atoms with van der Waals surface area (Å²) in [6.07, 6.45) is 3.29. The molecule has 2 aromatic heterocycles. The topological polar surface area (TPSA) is 66.9 Å². The number of pyridine rings is 2. The van der Waals surface area contributed by atoms with E-state index in [1.54, 1.807) is 12.4 Å². The van der Waals surface area contributed by atoms with Crippen LogP contribution in [-0.2, 0) is 0 Å². The first-order chi connectivity index (χ1) is 12.5. The average molecular weight is 411 g/mol. The van der Waals surface area contributed by atoms with Crippen molar-refractivity contribution < 1.29 is 4.79 Å². The van der Waals surface area contributed by atoms with Gasteiger partial charge in [0.05, 0.1) is 11.6 Å². The Morgan fingerprint density at radius 3 is 2.69 bits per heavy atom. The molecule has 3 rings (SSSR count). The summed E-state index contributed by atoms with van der Waals surface area (Å²) in [5.74, 6) is 0.611. The zero-order valence-electron chi connectivity index (χ0n) is 14.5. The van der Waals surface area contributed by atoms with Crippen molar-refractivity contribution in [2.45, 2.75) is 19.9 Å². The van der Waals surface area contributed by atoms with Crippen molar-refractivity contribution in [3.05, 3.63) is 82.2 Å². The highest BCUT2D eigenvalue weighted by atomic mass is 79.9. The van der Waals surface area contributed by atoms with Gasteiger partial charge >= 0.3 is 0 Å². The van der Waals surface area contributed by atoms with Crippen LogP contribution < -0.4 is 10.6 Å². The predicted molar refractivity (Wildman–Crippen MR) is 107 cm³/mol. The van der Waals surface area contributed by atoms with Gasteiger partial charge in [0.25, 0.3) is 5.91 Å². The van der Waals surface area contributed by atoms with E-state index >= 15 is 0 Å². The lowest BCUT2D eigenvalue weighted by atomic mass is 10.1. The highest BCUT2D eigenvalue weighted by Gasteiger charge is 2.10. The molecule has 1 aromatic carbocycles. The van der Waals surface area contributed by atoms with Gasteiger partial charge in [-0.05, 0) is 71.2 Å². The summed E-state index contributed by atoms with van der Waals surface area (Å²) in [4.78, 5) is 20.8. The molecule has 0 radical (unpaired) electrons. The lowest BCUT2D eigenvalue weighted by Gasteiger charge is -2.16. The lowest BCUT2D eigenvalue weighted by Crippen LogP contribution is -2.13. The number of rotatable bonds is 5. The van der Waals surface area contributed by atoms with Crippen molar-refractivity contribution in [1.82, 2.24) is 9.97 Å². The van der Waals surface area contributed by atoms with Gasteiger partial charge in [-0.3, -0.25) is 9.78 Å². The minimum absolute atomic E-state index is 0.0364. The molecule has 0 spiro atoms. The Balaban J connectivity index is 1.72. The first-order valence-electron chi connectivity index (χ1n) is 8.23. The quantitative estimate of drug-likeness (QED) is 0.582. The number of nitrogens with one attached hydrogen (secondary N) is 2. The first kappa shape index (κ1) is 18.1. The Hall–Kier alpha value is -2.73. The molecule has 0 bridgehead atoms. The van der Waals surface area contributed by atoms with Crippen molar-refractivity contribution in [2.24, 2.45) is 0 Å². The molecule has 0 aliphatic heterocycles. The van der Waals surface area contributed by atoms with Crippen molar-refractivity contribution in [2.75, 3.05) is 10.6 Å². The van der Waals surface area contributed by atoms with Gasteiger partial charge in [0, 0.05) is 18.1 Å². The number of anilines is 2. The number of carbonyl (C=O) groups is 1. The Bertz CT molecular complexity index is 929. The largest absolute Gasteiger partial charge is 0.364 e. The summed E-state index contributed by atoms with van der Waals surface area (Å²) in [5.41, 5.74) is 3.28. The van der Waals surface area contributed by atoms with Gasteiger partial charge in [-0.2, -0.15) is 0 Å². The van der Waals surface area contributed by atoms with Gasteiger partial charge in [-0.15, -0.1) is 0 Å². The summed E-state index contributed by atoms with van der Waals surface area (Å²) >= 11 is 3.37. The van der Waals surface area contributed by atoms with Crippen LogP contribution in [0.1, 0.15) is 34.5 Å². The van der Waals surface area contributed by atoms with Crippen LogP contribution in [0.25, 0.3) is 0 Å². The second-order valence-electron chi connectivity index (χ2n) is 6.04. The fourth-order valence-electron chi connectivity index (χ4n) is 2.56. The molecule has 0 aliphatic rings. The van der Waals surface area contributed by atoms with Gasteiger partial charge < -0.3 is 10.6 Å². The van der Waals surface area contributed by atoms with Crippen LogP contribution in [0.5, 0.6) is 0 Å². The number of halogens is 1. The van der Waals surface area contributed by atoms with Gasteiger partial charge in [-0.1, -0.05) is 18.2 Å². The van der Waals surface area contributed by atoms with Crippen molar-refractivity contribution >= 4 is 33.3 Å². The minimum atomic E-state index is -0.174. The number of carbonyl (C=O) groups excluding carboxylic acids is 1. The second-order valence-corrected chi connectivity index (χ2v) is 6.85. The van der Waals surface area contributed by atoms with E-state index in [1.165, 1.54) is 0 Å². The van der Waals surface area contributed by atoms with Gasteiger partial charge in [0.1, 0.15) is 10.4 Å². The van der Waals surface area contributed by atoms with Crippen molar-refractivity contribution in [3.63, 3.8) is 0 Å². The normalized spacial score (nSPS) is 11.7. The Morgan fingerprint density at radius 1 is 1.12 bits per heavy atom. The zero-order chi connectivity index (χ0) is 18.5. The standard InChI is InChI=1S/C20H19BrN4O/c1-13-9-16(12-22-11-13)20(26)24-17-6-3-5-15(10-17)14(2)23-19-8-4-7-18(21)25-19/h3-12,14H,1-2H3,(H,23,25)(H,24,26). The van der Waals surface area contributed by atoms with Crippen molar-refractivity contribution in [3.8, 4) is 0 Å². The third kappa shape index (κ3) is 4.67. The molecule has 0 aliphatic carbocycles. The molecule has 3 aromatic rings. The molecule has 0 saturated heterocycles. The maximum atomic E-state index is 12.4. The number of hydrogen-bond donors (Lipinski definition) is 2. The fourth-order valence-corrected chi connectivity index (χ4v) is 2.91. The number of aromatic nitrogens is 2. The van der Waals surface area contributed by atoms with Crippen LogP contribution >= 0.6 is 15.9 Å². The Morgan fingerprint density at radius 2 is 1.92 bits per heavy atom. The molecule has 1 atom stereocenters. The SMILES string of the molecule is Cc1cncc(C(=O)Nc2cccc(C(C)Nc3cccc(Br)n3)c2)c1. The van der Waals surface area contributed by atoms with E-state index in [9.17, 15) is 4.79 Å². The van der Waals surface area contributed by atoms with E-state index in [0.29, 0.717) is 5.56 Å². The van der Waals surface area contributed by atoms with E-state index < -0.39 is 0 Å². The summed E-state index contributed by atoms with van der Waals surface area (Å²) in [6, 6.07) is 15.3. The maximum Gasteiger partial charge on any atom is 0.257 e. The molecule has 2 heterocycles. The van der Waals surface area contributed by atoms with Gasteiger partial charge in [0.15, 0.2) is 0 Å². The zero-order valence-corrected chi connectivity index (χ0v) is 16.1. The fraction of sp³-hybridized carbons (Fsp3) is 0.150. The smallest absolute Gasteiger partial charge is 0.257 e. The highest BCUT2D eigenvalue weighted by Crippen LogP contribution is 2.22. The number of aryl methyl sites for hydroxylation is 1. The van der Waals surface area contributed by atoms with Crippen LogP contribution in [0.3, 0.4) is 0 Å². The van der Waals surface area contributed by atoms with Crippen molar-refractivity contribution in [1.29, 1.82) is 0 Å². The summed E-state index contributed by atoms with van der Waals surface area (Å²) in [7, 11) is 0. The monoisotopic (exact) mass is 410 g/mol. The molecule has 5 nitrogen and oxygen atoms in total. The molecular weight excluding hydrogens is 392 g/mol. The van der Waals surface area contributed by atoms with Crippen LogP contribution in [0, 0.1) is 6.92 Å². The van der Waals surface area contributed by atoms with Crippen LogP contribution in [0.15, 0.2) is 65.5 Å². The highest BCUT2D eigenvalue weighted by molar-refractivity contribution is 9.10. The third-order valence-electron chi connectivity index (χ3n) is 3.86. The Labute approximate surface area is 161 Å². The van der Waals surface area contributed by atoms with E-state index in [4.69, 9.17) is 0 Å². The van der Waals surface area contributed by atoms with E-state index in [2.05, 4.69) is 36.5 Å². The molecule has 6 heteroatoms. The lowest BCUT2D eigenvalue weighted by molar-refractivity contribution is 0.102. The van der Waals surface area contributed by atoms with Crippen LogP contribution in [-0.4, -0.2) is 15.9 Å². The van der Waals surface area contributed by atoms with Crippen LogP contribution in [0.4, 0.5) is 11.5 Å². The molecule has 0 saturated carbocycles.